The van der Waals surface area contributed by atoms with Crippen molar-refractivity contribution in [2.75, 3.05) is 26.7 Å². The van der Waals surface area contributed by atoms with Crippen LogP contribution in [0.3, 0.4) is 0 Å². The van der Waals surface area contributed by atoms with E-state index in [4.69, 9.17) is 4.74 Å². The molecule has 0 aromatic carbocycles. The number of likely N-dealkylation sites (N-methyl/N-ethyl adjacent to an activating group) is 1. The third kappa shape index (κ3) is 4.75. The molecule has 4 heterocycles. The Bertz CT molecular complexity index is 1060. The summed E-state index contributed by atoms with van der Waals surface area (Å²) in [7, 11) is 1.75. The molecule has 0 aromatic heterocycles. The molecule has 39 heavy (non-hydrogen) atoms. The average molecular weight is 544 g/mol. The molecular formula is C31H49N3O5. The van der Waals surface area contributed by atoms with E-state index >= 15 is 0 Å². The van der Waals surface area contributed by atoms with Crippen LogP contribution in [0.4, 0.5) is 0 Å². The van der Waals surface area contributed by atoms with Gasteiger partial charge in [0, 0.05) is 25.7 Å². The van der Waals surface area contributed by atoms with Crippen LogP contribution in [0.15, 0.2) is 24.3 Å². The molecule has 1 spiro atoms. The van der Waals surface area contributed by atoms with Gasteiger partial charge >= 0.3 is 0 Å². The van der Waals surface area contributed by atoms with Gasteiger partial charge < -0.3 is 24.5 Å². The lowest BCUT2D eigenvalue weighted by molar-refractivity contribution is -0.160. The first-order valence-corrected chi connectivity index (χ1v) is 14.6. The topological polar surface area (TPSA) is 90.4 Å². The fraction of sp³-hybridized carbons (Fsp3) is 0.774. The second-order valence-corrected chi connectivity index (χ2v) is 14.4. The standard InChI is InChI=1S/C31H49N3O5/c1-10-30-13-11-15-32(9)25(36)22(30)23-26(37)34(21(18-35)17-20(2)3)24-27(38)33(16-12-14-31(23,24)39-30)29(7,8)19-28(4,5)6/h11-14,20-24,35H,10,15-19H2,1-9H3/t21-,22-,23+,24?,30+,31+/m1/s1. The molecule has 0 bridgehead atoms. The minimum absolute atomic E-state index is 0.0262. The summed E-state index contributed by atoms with van der Waals surface area (Å²) in [6.45, 7) is 17.3. The van der Waals surface area contributed by atoms with Crippen molar-refractivity contribution in [3.05, 3.63) is 24.3 Å². The molecule has 2 saturated heterocycles. The fourth-order valence-corrected chi connectivity index (χ4v) is 7.97. The summed E-state index contributed by atoms with van der Waals surface area (Å²) in [6, 6.07) is -1.52. The van der Waals surface area contributed by atoms with Crippen molar-refractivity contribution in [1.29, 1.82) is 0 Å². The molecule has 2 fully saturated rings. The van der Waals surface area contributed by atoms with Crippen LogP contribution < -0.4 is 0 Å². The van der Waals surface area contributed by atoms with Gasteiger partial charge in [-0.3, -0.25) is 14.4 Å². The number of carbonyl (C=O) groups is 3. The molecule has 8 nitrogen and oxygen atoms in total. The van der Waals surface area contributed by atoms with Crippen molar-refractivity contribution in [2.45, 2.75) is 103 Å². The maximum absolute atomic E-state index is 14.8. The molecule has 0 aromatic rings. The molecule has 3 amide bonds. The smallest absolute Gasteiger partial charge is 0.249 e. The Hall–Kier alpha value is -2.19. The molecule has 6 atom stereocenters. The lowest BCUT2D eigenvalue weighted by Crippen LogP contribution is -2.62. The van der Waals surface area contributed by atoms with Gasteiger partial charge in [-0.25, -0.2) is 0 Å². The minimum atomic E-state index is -1.30. The Balaban J connectivity index is 1.92. The number of carbonyl (C=O) groups excluding carboxylic acids is 3. The van der Waals surface area contributed by atoms with Crippen molar-refractivity contribution in [1.82, 2.24) is 14.7 Å². The van der Waals surface area contributed by atoms with E-state index in [0.717, 1.165) is 6.42 Å². The van der Waals surface area contributed by atoms with Gasteiger partial charge in [0.25, 0.3) is 0 Å². The van der Waals surface area contributed by atoms with E-state index in [-0.39, 0.29) is 35.7 Å². The van der Waals surface area contributed by atoms with Crippen LogP contribution in [0.1, 0.15) is 74.7 Å². The number of nitrogens with zero attached hydrogens (tertiary/aromatic N) is 3. The number of amides is 3. The van der Waals surface area contributed by atoms with E-state index in [0.29, 0.717) is 25.9 Å². The molecule has 4 aliphatic heterocycles. The number of hydrogen-bond acceptors (Lipinski definition) is 5. The van der Waals surface area contributed by atoms with E-state index in [1.54, 1.807) is 16.8 Å². The predicted octanol–water partition coefficient (Wildman–Crippen LogP) is 3.40. The quantitative estimate of drug-likeness (QED) is 0.497. The van der Waals surface area contributed by atoms with Gasteiger partial charge in [0.15, 0.2) is 0 Å². The van der Waals surface area contributed by atoms with Crippen LogP contribution in [-0.2, 0) is 19.1 Å². The number of likely N-dealkylation sites (tertiary alicyclic amines) is 1. The average Bonchev–Trinajstić information content (AvgIpc) is 3.12. The third-order valence-electron chi connectivity index (χ3n) is 9.12. The lowest BCUT2D eigenvalue weighted by Gasteiger charge is -2.46. The summed E-state index contributed by atoms with van der Waals surface area (Å²) in [4.78, 5) is 48.4. The Labute approximate surface area is 234 Å². The molecular weight excluding hydrogens is 494 g/mol. The Kier molecular flexibility index (Phi) is 7.65. The van der Waals surface area contributed by atoms with Gasteiger partial charge in [-0.2, -0.15) is 0 Å². The molecule has 218 valence electrons. The summed E-state index contributed by atoms with van der Waals surface area (Å²) in [5.74, 6) is -2.01. The highest BCUT2D eigenvalue weighted by molar-refractivity contribution is 6.00. The summed E-state index contributed by atoms with van der Waals surface area (Å²) in [6.07, 6.45) is 9.55. The number of aliphatic hydroxyl groups excluding tert-OH is 1. The van der Waals surface area contributed by atoms with Crippen LogP contribution >= 0.6 is 0 Å². The van der Waals surface area contributed by atoms with E-state index in [2.05, 4.69) is 34.6 Å². The first-order chi connectivity index (χ1) is 18.0. The zero-order valence-corrected chi connectivity index (χ0v) is 25.4. The van der Waals surface area contributed by atoms with Crippen molar-refractivity contribution in [2.24, 2.45) is 23.2 Å². The minimum Gasteiger partial charge on any atom is -0.394 e. The van der Waals surface area contributed by atoms with Crippen molar-refractivity contribution < 1.29 is 24.2 Å². The van der Waals surface area contributed by atoms with Gasteiger partial charge in [0.1, 0.15) is 11.6 Å². The van der Waals surface area contributed by atoms with Crippen LogP contribution in [0.2, 0.25) is 0 Å². The second-order valence-electron chi connectivity index (χ2n) is 14.4. The third-order valence-corrected chi connectivity index (χ3v) is 9.12. The highest BCUT2D eigenvalue weighted by Gasteiger charge is 2.76. The Morgan fingerprint density at radius 2 is 1.64 bits per heavy atom. The summed E-state index contributed by atoms with van der Waals surface area (Å²) in [5.41, 5.74) is -2.81. The lowest BCUT2D eigenvalue weighted by atomic mass is 9.73. The number of rotatable bonds is 7. The summed E-state index contributed by atoms with van der Waals surface area (Å²) >= 11 is 0. The number of ether oxygens (including phenoxy) is 1. The Morgan fingerprint density at radius 3 is 2.21 bits per heavy atom. The summed E-state index contributed by atoms with van der Waals surface area (Å²) < 4.78 is 7.02. The van der Waals surface area contributed by atoms with Crippen molar-refractivity contribution >= 4 is 17.7 Å². The van der Waals surface area contributed by atoms with Gasteiger partial charge in [0.05, 0.1) is 30.1 Å². The van der Waals surface area contributed by atoms with E-state index in [1.165, 1.54) is 0 Å². The second kappa shape index (κ2) is 10.0. The predicted molar refractivity (Wildman–Crippen MR) is 151 cm³/mol. The molecule has 1 unspecified atom stereocenters. The maximum Gasteiger partial charge on any atom is 0.249 e. The highest BCUT2D eigenvalue weighted by Crippen LogP contribution is 2.59. The first-order valence-electron chi connectivity index (χ1n) is 14.6. The van der Waals surface area contributed by atoms with Crippen LogP contribution in [0.5, 0.6) is 0 Å². The molecule has 1 N–H and O–H groups in total. The van der Waals surface area contributed by atoms with Gasteiger partial charge in [-0.05, 0) is 44.4 Å². The fourth-order valence-electron chi connectivity index (χ4n) is 7.97. The normalized spacial score (nSPS) is 33.9. The van der Waals surface area contributed by atoms with Gasteiger partial charge in [-0.15, -0.1) is 0 Å². The number of hydrogen-bond donors (Lipinski definition) is 1. The molecule has 0 saturated carbocycles. The van der Waals surface area contributed by atoms with Gasteiger partial charge in [-0.1, -0.05) is 65.8 Å². The zero-order valence-electron chi connectivity index (χ0n) is 25.4. The first kappa shape index (κ1) is 29.8. The SMILES string of the molecule is CC[C@]12C=CCN(C)C(=O)[C@H]1[C@H]1C(=O)N([C@@H](CO)CC(C)C)C3C(=O)N(C(C)(C)CC(C)(C)C)CC=C[C@@]31O2. The monoisotopic (exact) mass is 543 g/mol. The molecule has 8 heteroatoms. The largest absolute Gasteiger partial charge is 0.394 e. The summed E-state index contributed by atoms with van der Waals surface area (Å²) in [5, 5.41) is 10.5. The molecule has 0 aliphatic carbocycles. The number of aliphatic hydroxyl groups is 1. The van der Waals surface area contributed by atoms with E-state index < -0.39 is 40.7 Å². The highest BCUT2D eigenvalue weighted by atomic mass is 16.5. The number of fused-ring (bicyclic) bond motifs is 2. The molecule has 4 aliphatic rings. The van der Waals surface area contributed by atoms with E-state index in [1.807, 2.05) is 50.0 Å². The van der Waals surface area contributed by atoms with Crippen LogP contribution in [0, 0.1) is 23.2 Å². The maximum atomic E-state index is 14.8. The van der Waals surface area contributed by atoms with Crippen LogP contribution in [-0.4, -0.2) is 93.1 Å². The molecule has 4 rings (SSSR count). The van der Waals surface area contributed by atoms with E-state index in [9.17, 15) is 19.5 Å². The van der Waals surface area contributed by atoms with Gasteiger partial charge in [0.2, 0.25) is 17.7 Å². The Morgan fingerprint density at radius 1 is 1.00 bits per heavy atom. The molecule has 0 radical (unpaired) electrons. The van der Waals surface area contributed by atoms with Crippen LogP contribution in [0.25, 0.3) is 0 Å². The van der Waals surface area contributed by atoms with Crippen molar-refractivity contribution in [3.8, 4) is 0 Å². The zero-order chi connectivity index (χ0) is 29.1. The van der Waals surface area contributed by atoms with Crippen molar-refractivity contribution in [3.63, 3.8) is 0 Å².